The van der Waals surface area contributed by atoms with E-state index < -0.39 is 46.9 Å². The van der Waals surface area contributed by atoms with E-state index in [1.165, 1.54) is 41.4 Å². The van der Waals surface area contributed by atoms with E-state index in [0.29, 0.717) is 17.7 Å². The lowest BCUT2D eigenvalue weighted by Gasteiger charge is -2.29. The number of amides is 1. The molecule has 42 heavy (non-hydrogen) atoms. The van der Waals surface area contributed by atoms with E-state index in [0.717, 1.165) is 29.5 Å². The van der Waals surface area contributed by atoms with Gasteiger partial charge < -0.3 is 4.74 Å². The van der Waals surface area contributed by atoms with Gasteiger partial charge >= 0.3 is 5.97 Å². The molecule has 5 rings (SSSR count). The summed E-state index contributed by atoms with van der Waals surface area (Å²) in [7, 11) is -3.95. The van der Waals surface area contributed by atoms with Crippen molar-refractivity contribution in [2.24, 2.45) is 11.0 Å². The molecule has 1 heterocycles. The Bertz CT molecular complexity index is 1640. The van der Waals surface area contributed by atoms with Crippen LogP contribution >= 0.6 is 0 Å². The Morgan fingerprint density at radius 3 is 2.31 bits per heavy atom. The number of nitrogens with zero attached hydrogens (tertiary/aromatic N) is 2. The fraction of sp³-hybridized carbons (Fsp3) is 0.258. The van der Waals surface area contributed by atoms with Crippen molar-refractivity contribution in [2.45, 2.75) is 37.1 Å². The lowest BCUT2D eigenvalue weighted by Crippen LogP contribution is -2.36. The van der Waals surface area contributed by atoms with Gasteiger partial charge in [0.05, 0.1) is 16.6 Å². The summed E-state index contributed by atoms with van der Waals surface area (Å²) >= 11 is 0. The minimum atomic E-state index is -3.95. The molecular weight excluding hydrogens is 564 g/mol. The Labute approximate surface area is 242 Å². The van der Waals surface area contributed by atoms with E-state index in [2.05, 4.69) is 9.82 Å². The molecule has 3 aromatic carbocycles. The summed E-state index contributed by atoms with van der Waals surface area (Å²) in [6, 6.07) is 17.5. The van der Waals surface area contributed by atoms with Gasteiger partial charge in [-0.2, -0.15) is 9.82 Å². The number of nitrogens with one attached hydrogen (secondary N) is 1. The summed E-state index contributed by atoms with van der Waals surface area (Å²) in [6.07, 6.45) is 4.18. The molecule has 0 unspecified atom stereocenters. The Hall–Kier alpha value is -4.22. The van der Waals surface area contributed by atoms with Crippen molar-refractivity contribution in [3.8, 4) is 0 Å². The highest BCUT2D eigenvalue weighted by Gasteiger charge is 2.43. The lowest BCUT2D eigenvalue weighted by atomic mass is 9.77. The largest absolute Gasteiger partial charge is 0.455 e. The van der Waals surface area contributed by atoms with Gasteiger partial charge in [0.25, 0.3) is 5.91 Å². The first-order valence-electron chi connectivity index (χ1n) is 13.5. The van der Waals surface area contributed by atoms with Gasteiger partial charge in [-0.15, -0.1) is 0 Å². The fourth-order valence-electron chi connectivity index (χ4n) is 5.17. The second kappa shape index (κ2) is 12.3. The van der Waals surface area contributed by atoms with Crippen LogP contribution in [0.5, 0.6) is 0 Å². The number of carbonyl (C=O) groups excluding carboxylic acids is 2. The summed E-state index contributed by atoms with van der Waals surface area (Å²) in [5, 5.41) is 5.92. The molecule has 2 aliphatic rings. The standard InChI is InChI=1S/C31H29F2N3O5S/c1-20-5-15-26(16-6-20)42(39,40)34-18-29(38)41-19-28(37)36-31(22-9-13-25(33)14-10-22)27-4-2-3-23(30(27)35-36)17-21-7-11-24(32)12-8-21/h5-17,27,31,34H,2-4,18-19H2,1H3/b23-17-/t27-,31-/m1/s1. The van der Waals surface area contributed by atoms with Gasteiger partial charge in [-0.25, -0.2) is 22.2 Å². The Morgan fingerprint density at radius 2 is 1.64 bits per heavy atom. The third-order valence-corrected chi connectivity index (χ3v) is 8.69. The molecule has 0 radical (unpaired) electrons. The van der Waals surface area contributed by atoms with Crippen molar-refractivity contribution in [3.05, 3.63) is 107 Å². The highest BCUT2D eigenvalue weighted by Crippen LogP contribution is 2.44. The number of ether oxygens (including phenoxy) is 1. The number of sulfonamides is 1. The maximum atomic E-state index is 13.7. The first kappa shape index (κ1) is 29.3. The van der Waals surface area contributed by atoms with Crippen LogP contribution in [0.2, 0.25) is 0 Å². The molecular formula is C31H29F2N3O5S. The lowest BCUT2D eigenvalue weighted by molar-refractivity contribution is -0.152. The van der Waals surface area contributed by atoms with Crippen LogP contribution in [-0.2, 0) is 24.3 Å². The summed E-state index contributed by atoms with van der Waals surface area (Å²) in [5.41, 5.74) is 3.95. The zero-order valence-corrected chi connectivity index (χ0v) is 23.6. The first-order chi connectivity index (χ1) is 20.1. The molecule has 0 spiro atoms. The van der Waals surface area contributed by atoms with Gasteiger partial charge in [0.1, 0.15) is 18.2 Å². The number of esters is 1. The van der Waals surface area contributed by atoms with Crippen molar-refractivity contribution in [2.75, 3.05) is 13.2 Å². The zero-order chi connectivity index (χ0) is 29.9. The fourth-order valence-corrected chi connectivity index (χ4v) is 6.14. The number of hydrazone groups is 1. The van der Waals surface area contributed by atoms with E-state index in [-0.39, 0.29) is 16.6 Å². The van der Waals surface area contributed by atoms with Crippen LogP contribution in [-0.4, -0.2) is 44.2 Å². The summed E-state index contributed by atoms with van der Waals surface area (Å²) in [4.78, 5) is 25.7. The Kier molecular flexibility index (Phi) is 8.60. The molecule has 3 aromatic rings. The molecule has 1 fully saturated rings. The quantitative estimate of drug-likeness (QED) is 0.374. The Morgan fingerprint density at radius 1 is 1.00 bits per heavy atom. The summed E-state index contributed by atoms with van der Waals surface area (Å²) in [5.74, 6) is -2.49. The van der Waals surface area contributed by atoms with Crippen LogP contribution < -0.4 is 4.72 Å². The van der Waals surface area contributed by atoms with Crippen LogP contribution in [0.1, 0.15) is 42.0 Å². The SMILES string of the molecule is Cc1ccc(S(=O)(=O)NCC(=O)OCC(=O)N2N=C3/C(=C\c4ccc(F)cc4)CCC[C@H]3[C@H]2c2ccc(F)cc2)cc1. The number of carbonyl (C=O) groups is 2. The third kappa shape index (κ3) is 6.63. The minimum absolute atomic E-state index is 0.000825. The van der Waals surface area contributed by atoms with Gasteiger partial charge in [-0.05, 0) is 85.4 Å². The van der Waals surface area contributed by atoms with Crippen LogP contribution in [0.25, 0.3) is 6.08 Å². The number of hydrogen-bond donors (Lipinski definition) is 1. The van der Waals surface area contributed by atoms with E-state index >= 15 is 0 Å². The topological polar surface area (TPSA) is 105 Å². The molecule has 1 aliphatic heterocycles. The number of aryl methyl sites for hydroxylation is 1. The number of allylic oxidation sites excluding steroid dienone is 1. The van der Waals surface area contributed by atoms with Crippen molar-refractivity contribution in [1.29, 1.82) is 0 Å². The molecule has 8 nitrogen and oxygen atoms in total. The second-order valence-electron chi connectivity index (χ2n) is 10.2. The summed E-state index contributed by atoms with van der Waals surface area (Å²) in [6.45, 7) is 0.497. The predicted octanol–water partition coefficient (Wildman–Crippen LogP) is 4.92. The van der Waals surface area contributed by atoms with Gasteiger partial charge in [0.2, 0.25) is 10.0 Å². The smallest absolute Gasteiger partial charge is 0.321 e. The van der Waals surface area contributed by atoms with E-state index in [1.54, 1.807) is 36.4 Å². The summed E-state index contributed by atoms with van der Waals surface area (Å²) < 4.78 is 59.4. The average Bonchev–Trinajstić information content (AvgIpc) is 3.37. The molecule has 0 saturated heterocycles. The molecule has 0 bridgehead atoms. The number of fused-ring (bicyclic) bond motifs is 1. The zero-order valence-electron chi connectivity index (χ0n) is 22.8. The van der Waals surface area contributed by atoms with Crippen molar-refractivity contribution >= 4 is 33.7 Å². The normalized spacial score (nSPS) is 19.4. The first-order valence-corrected chi connectivity index (χ1v) is 14.9. The van der Waals surface area contributed by atoms with Crippen molar-refractivity contribution < 1.29 is 31.5 Å². The number of benzene rings is 3. The van der Waals surface area contributed by atoms with Crippen LogP contribution in [0, 0.1) is 24.5 Å². The monoisotopic (exact) mass is 593 g/mol. The van der Waals surface area contributed by atoms with Crippen molar-refractivity contribution in [3.63, 3.8) is 0 Å². The number of hydrogen-bond acceptors (Lipinski definition) is 6. The third-order valence-electron chi connectivity index (χ3n) is 7.27. The molecule has 218 valence electrons. The molecule has 1 N–H and O–H groups in total. The molecule has 11 heteroatoms. The maximum absolute atomic E-state index is 13.7. The number of halogens is 2. The maximum Gasteiger partial charge on any atom is 0.321 e. The average molecular weight is 594 g/mol. The van der Waals surface area contributed by atoms with Gasteiger partial charge in [-0.1, -0.05) is 42.0 Å². The molecule has 1 saturated carbocycles. The Balaban J connectivity index is 1.32. The minimum Gasteiger partial charge on any atom is -0.455 e. The van der Waals surface area contributed by atoms with E-state index in [1.807, 2.05) is 13.0 Å². The molecule has 1 amide bonds. The molecule has 0 aromatic heterocycles. The molecule has 1 aliphatic carbocycles. The van der Waals surface area contributed by atoms with Gasteiger partial charge in [0.15, 0.2) is 6.61 Å². The highest BCUT2D eigenvalue weighted by atomic mass is 32.2. The second-order valence-corrected chi connectivity index (χ2v) is 12.0. The predicted molar refractivity (Wildman–Crippen MR) is 152 cm³/mol. The van der Waals surface area contributed by atoms with Crippen LogP contribution in [0.15, 0.2) is 88.4 Å². The van der Waals surface area contributed by atoms with Gasteiger partial charge in [-0.3, -0.25) is 9.59 Å². The van der Waals surface area contributed by atoms with E-state index in [9.17, 15) is 26.8 Å². The van der Waals surface area contributed by atoms with Gasteiger partial charge in [0, 0.05) is 5.92 Å². The number of rotatable bonds is 8. The van der Waals surface area contributed by atoms with Crippen LogP contribution in [0.3, 0.4) is 0 Å². The molecule has 2 atom stereocenters. The van der Waals surface area contributed by atoms with Crippen molar-refractivity contribution in [1.82, 2.24) is 9.73 Å². The van der Waals surface area contributed by atoms with Crippen LogP contribution in [0.4, 0.5) is 8.78 Å². The van der Waals surface area contributed by atoms with E-state index in [4.69, 9.17) is 4.74 Å². The highest BCUT2D eigenvalue weighted by molar-refractivity contribution is 7.89.